The summed E-state index contributed by atoms with van der Waals surface area (Å²) < 4.78 is 36.7. The third kappa shape index (κ3) is 9.35. The van der Waals surface area contributed by atoms with Crippen LogP contribution in [0.5, 0.6) is 0 Å². The molecule has 0 spiro atoms. The number of nitrogens with zero attached hydrogens (tertiary/aromatic N) is 6. The zero-order valence-electron chi connectivity index (χ0n) is 34.2. The summed E-state index contributed by atoms with van der Waals surface area (Å²) in [6, 6.07) is 17.4. The van der Waals surface area contributed by atoms with Crippen molar-refractivity contribution in [3.05, 3.63) is 105 Å². The van der Waals surface area contributed by atoms with Crippen LogP contribution < -0.4 is 9.62 Å². The molecule has 3 aliphatic rings. The van der Waals surface area contributed by atoms with E-state index in [4.69, 9.17) is 21.4 Å². The number of anilines is 1. The Morgan fingerprint density at radius 3 is 2.27 bits per heavy atom. The van der Waals surface area contributed by atoms with Crippen LogP contribution in [0.2, 0.25) is 5.02 Å². The van der Waals surface area contributed by atoms with E-state index in [9.17, 15) is 22.8 Å². The smallest absolute Gasteiger partial charge is 0.275 e. The van der Waals surface area contributed by atoms with Gasteiger partial charge in [0.05, 0.1) is 40.1 Å². The van der Waals surface area contributed by atoms with Gasteiger partial charge in [-0.15, -0.1) is 0 Å². The maximum atomic E-state index is 14.6. The Balaban J connectivity index is 1.16. The van der Waals surface area contributed by atoms with E-state index in [0.29, 0.717) is 50.4 Å². The normalized spacial score (nSPS) is 15.5. The van der Waals surface area contributed by atoms with E-state index in [-0.39, 0.29) is 38.6 Å². The van der Waals surface area contributed by atoms with Crippen molar-refractivity contribution in [2.45, 2.75) is 70.7 Å². The lowest BCUT2D eigenvalue weighted by Crippen LogP contribution is -2.41. The van der Waals surface area contributed by atoms with Crippen molar-refractivity contribution in [2.75, 3.05) is 70.5 Å². The van der Waals surface area contributed by atoms with Gasteiger partial charge in [-0.2, -0.15) is 5.10 Å². The summed E-state index contributed by atoms with van der Waals surface area (Å²) in [5.74, 6) is -1.53. The molecule has 1 aromatic heterocycles. The molecule has 1 fully saturated rings. The molecule has 3 amide bonds. The fraction of sp³-hybridized carbons (Fsp3) is 0.455. The van der Waals surface area contributed by atoms with E-state index < -0.39 is 15.9 Å². The second kappa shape index (κ2) is 18.7. The molecule has 7 rings (SSSR count). The molecule has 314 valence electrons. The van der Waals surface area contributed by atoms with Crippen LogP contribution in [0.15, 0.2) is 65.6 Å². The van der Waals surface area contributed by atoms with Crippen molar-refractivity contribution in [1.82, 2.24) is 29.2 Å². The molecule has 15 heteroatoms. The predicted octanol–water partition coefficient (Wildman–Crippen LogP) is 5.89. The number of ether oxygens (including phenoxy) is 1. The summed E-state index contributed by atoms with van der Waals surface area (Å²) in [4.78, 5) is 50.4. The Kier molecular flexibility index (Phi) is 13.4. The molecule has 0 aliphatic carbocycles. The van der Waals surface area contributed by atoms with E-state index in [1.54, 1.807) is 28.9 Å². The third-order valence-electron chi connectivity index (χ3n) is 11.6. The highest BCUT2D eigenvalue weighted by Gasteiger charge is 2.31. The van der Waals surface area contributed by atoms with Crippen LogP contribution in [0.25, 0.3) is 5.69 Å². The average molecular weight is 844 g/mol. The molecule has 13 nitrogen and oxygen atoms in total. The molecule has 3 aromatic carbocycles. The number of sulfonamides is 1. The average Bonchev–Trinajstić information content (AvgIpc) is 3.80. The zero-order valence-corrected chi connectivity index (χ0v) is 35.8. The maximum absolute atomic E-state index is 14.6. The lowest BCUT2D eigenvalue weighted by molar-refractivity contribution is 0.0392. The van der Waals surface area contributed by atoms with Crippen molar-refractivity contribution in [3.8, 4) is 5.69 Å². The second-order valence-corrected chi connectivity index (χ2v) is 17.6. The number of morpholine rings is 1. The first-order valence-electron chi connectivity index (χ1n) is 20.8. The minimum absolute atomic E-state index is 0.00884. The van der Waals surface area contributed by atoms with Gasteiger partial charge in [-0.3, -0.25) is 19.3 Å². The minimum Gasteiger partial charge on any atom is -0.379 e. The van der Waals surface area contributed by atoms with E-state index in [2.05, 4.69) is 34.4 Å². The molecule has 0 bridgehead atoms. The first-order chi connectivity index (χ1) is 28.5. The van der Waals surface area contributed by atoms with Crippen molar-refractivity contribution >= 4 is 45.0 Å². The second-order valence-electron chi connectivity index (χ2n) is 15.6. The molecule has 3 aliphatic heterocycles. The molecule has 1 saturated heterocycles. The highest BCUT2D eigenvalue weighted by atomic mass is 35.5. The highest BCUT2D eigenvalue weighted by Crippen LogP contribution is 2.32. The Morgan fingerprint density at radius 2 is 1.54 bits per heavy atom. The third-order valence-corrected chi connectivity index (χ3v) is 13.4. The summed E-state index contributed by atoms with van der Waals surface area (Å²) in [5.41, 5.74) is 5.05. The molecule has 4 aromatic rings. The predicted molar refractivity (Wildman–Crippen MR) is 228 cm³/mol. The molecule has 1 N–H and O–H groups in total. The van der Waals surface area contributed by atoms with Gasteiger partial charge in [-0.25, -0.2) is 17.8 Å². The van der Waals surface area contributed by atoms with E-state index in [0.717, 1.165) is 94.0 Å². The number of hydrogen-bond acceptors (Lipinski definition) is 9. The quantitative estimate of drug-likeness (QED) is 0.155. The number of carbonyl (C=O) groups is 3. The number of benzene rings is 3. The fourth-order valence-electron chi connectivity index (χ4n) is 8.06. The number of hydrogen-bond donors (Lipinski definition) is 1. The van der Waals surface area contributed by atoms with Crippen LogP contribution in [-0.4, -0.2) is 116 Å². The van der Waals surface area contributed by atoms with Crippen molar-refractivity contribution in [1.29, 1.82) is 0 Å². The standard InChI is InChI=1S/C44H54ClN7O6S/c1-4-6-18-50(19-7-5-2)44(55)41-40(45)31(3)52(46-41)39-14-12-34(29-37(39)43(54)51-21-16-32-10-8-9-11-35(32)30-51)42(53)47-59(56,57)36-13-15-38-33(28-36)17-20-49(38)23-22-48-24-26-58-27-25-48/h8-15,28-29H,4-7,16-27,30H2,1-3H3,(H,47,53). The molecule has 4 heterocycles. The largest absolute Gasteiger partial charge is 0.379 e. The number of nitrogens with one attached hydrogen (secondary N) is 1. The van der Waals surface area contributed by atoms with Crippen LogP contribution in [-0.2, 0) is 34.1 Å². The number of carbonyl (C=O) groups excluding carboxylic acids is 3. The van der Waals surface area contributed by atoms with Gasteiger partial charge < -0.3 is 19.4 Å². The highest BCUT2D eigenvalue weighted by molar-refractivity contribution is 7.90. The number of rotatable bonds is 15. The lowest BCUT2D eigenvalue weighted by Gasteiger charge is -2.29. The molecule has 59 heavy (non-hydrogen) atoms. The van der Waals surface area contributed by atoms with Crippen molar-refractivity contribution in [3.63, 3.8) is 0 Å². The van der Waals surface area contributed by atoms with Crippen LogP contribution in [0.1, 0.15) is 93.1 Å². The van der Waals surface area contributed by atoms with Gasteiger partial charge in [-0.1, -0.05) is 62.6 Å². The number of aromatic nitrogens is 2. The van der Waals surface area contributed by atoms with Gasteiger partial charge >= 0.3 is 0 Å². The summed E-state index contributed by atoms with van der Waals surface area (Å²) in [5, 5.41) is 4.88. The first-order valence-corrected chi connectivity index (χ1v) is 22.6. The van der Waals surface area contributed by atoms with E-state index >= 15 is 0 Å². The van der Waals surface area contributed by atoms with Crippen LogP contribution in [0.4, 0.5) is 5.69 Å². The van der Waals surface area contributed by atoms with Gasteiger partial charge in [0, 0.05) is 70.2 Å². The topological polar surface area (TPSA) is 137 Å². The molecular weight excluding hydrogens is 790 g/mol. The van der Waals surface area contributed by atoms with Gasteiger partial charge in [0.25, 0.3) is 27.7 Å². The molecule has 0 radical (unpaired) electrons. The zero-order chi connectivity index (χ0) is 41.7. The fourth-order valence-corrected chi connectivity index (χ4v) is 9.29. The molecule has 0 saturated carbocycles. The SMILES string of the molecule is CCCCN(CCCC)C(=O)c1nn(-c2ccc(C(=O)NS(=O)(=O)c3ccc4c(c3)CCN4CCN3CCOCC3)cc2C(=O)N2CCc3ccccc3C2)c(C)c1Cl. The van der Waals surface area contributed by atoms with Crippen LogP contribution in [0, 0.1) is 6.92 Å². The number of fused-ring (bicyclic) bond motifs is 2. The Bertz CT molecular complexity index is 2300. The number of unbranched alkanes of at least 4 members (excludes halogenated alkanes) is 2. The summed E-state index contributed by atoms with van der Waals surface area (Å²) in [6.45, 7) is 13.6. The van der Waals surface area contributed by atoms with Crippen molar-refractivity contribution in [2.24, 2.45) is 0 Å². The molecular formula is C44H54ClN7O6S. The number of amides is 3. The van der Waals surface area contributed by atoms with Crippen LogP contribution in [0.3, 0.4) is 0 Å². The van der Waals surface area contributed by atoms with Crippen LogP contribution >= 0.6 is 11.6 Å². The monoisotopic (exact) mass is 843 g/mol. The molecule has 0 atom stereocenters. The van der Waals surface area contributed by atoms with Gasteiger partial charge in [0.1, 0.15) is 0 Å². The lowest BCUT2D eigenvalue weighted by atomic mass is 9.98. The maximum Gasteiger partial charge on any atom is 0.275 e. The number of halogens is 1. The van der Waals surface area contributed by atoms with Crippen molar-refractivity contribution < 1.29 is 27.5 Å². The summed E-state index contributed by atoms with van der Waals surface area (Å²) >= 11 is 6.85. The van der Waals surface area contributed by atoms with E-state index in [1.165, 1.54) is 22.9 Å². The first kappa shape index (κ1) is 42.4. The molecule has 0 unspecified atom stereocenters. The van der Waals surface area contributed by atoms with Gasteiger partial charge in [0.2, 0.25) is 0 Å². The Morgan fingerprint density at radius 1 is 0.847 bits per heavy atom. The van der Waals surface area contributed by atoms with Gasteiger partial charge in [0.15, 0.2) is 5.69 Å². The Hall–Kier alpha value is -4.76. The Labute approximate surface area is 352 Å². The van der Waals surface area contributed by atoms with Gasteiger partial charge in [-0.05, 0) is 85.7 Å². The van der Waals surface area contributed by atoms with E-state index in [1.807, 2.05) is 24.3 Å². The minimum atomic E-state index is -4.28. The summed E-state index contributed by atoms with van der Waals surface area (Å²) in [7, 11) is -4.28. The summed E-state index contributed by atoms with van der Waals surface area (Å²) in [6.07, 6.45) is 4.87.